The Kier molecular flexibility index (Phi) is 3.85. The highest BCUT2D eigenvalue weighted by molar-refractivity contribution is 7.18. The first-order valence-corrected chi connectivity index (χ1v) is 7.26. The Morgan fingerprint density at radius 1 is 1.35 bits per heavy atom. The summed E-state index contributed by atoms with van der Waals surface area (Å²) in [6, 6.07) is 0. The summed E-state index contributed by atoms with van der Waals surface area (Å²) in [6.45, 7) is 4.96. The van der Waals surface area contributed by atoms with E-state index < -0.39 is 17.4 Å². The molecular weight excluding hydrogens is 278 g/mol. The lowest BCUT2D eigenvalue weighted by Crippen LogP contribution is -2.52. The van der Waals surface area contributed by atoms with Crippen molar-refractivity contribution >= 4 is 34.1 Å². The highest BCUT2D eigenvalue weighted by Crippen LogP contribution is 2.30. The molecule has 1 aliphatic rings. The predicted molar refractivity (Wildman–Crippen MR) is 78.7 cm³/mol. The molecule has 5 N–H and O–H groups in total. The fraction of sp³-hybridized carbons (Fsp3) is 0.583. The number of rotatable bonds is 4. The van der Waals surface area contributed by atoms with Gasteiger partial charge in [-0.05, 0) is 26.7 Å². The van der Waals surface area contributed by atoms with Gasteiger partial charge in [-0.3, -0.25) is 9.59 Å². The molecule has 2 heterocycles. The SMILES string of the molecule is CC(C)(NC(=O)c1sc(N2CCCC2)nc1N)C(N)=O. The van der Waals surface area contributed by atoms with Gasteiger partial charge in [0.1, 0.15) is 16.2 Å². The number of hydrogen-bond acceptors (Lipinski definition) is 6. The molecule has 0 aromatic carbocycles. The number of aromatic nitrogens is 1. The molecule has 0 spiro atoms. The standard InChI is InChI=1S/C12H19N5O2S/c1-12(2,10(14)19)16-9(18)7-8(13)15-11(20-7)17-5-3-4-6-17/h3-6,13H2,1-2H3,(H2,14,19)(H,16,18). The highest BCUT2D eigenvalue weighted by Gasteiger charge is 2.30. The number of nitrogens with two attached hydrogens (primary N) is 2. The van der Waals surface area contributed by atoms with Crippen molar-refractivity contribution in [2.45, 2.75) is 32.2 Å². The first kappa shape index (κ1) is 14.6. The maximum atomic E-state index is 12.2. The van der Waals surface area contributed by atoms with Crippen LogP contribution in [0, 0.1) is 0 Å². The van der Waals surface area contributed by atoms with Crippen LogP contribution in [0.5, 0.6) is 0 Å². The molecular formula is C12H19N5O2S. The smallest absolute Gasteiger partial charge is 0.266 e. The molecule has 2 amide bonds. The molecule has 0 aliphatic carbocycles. The molecule has 1 fully saturated rings. The van der Waals surface area contributed by atoms with Crippen molar-refractivity contribution in [2.24, 2.45) is 5.73 Å². The van der Waals surface area contributed by atoms with Crippen molar-refractivity contribution in [3.8, 4) is 0 Å². The van der Waals surface area contributed by atoms with Gasteiger partial charge in [0.05, 0.1) is 0 Å². The van der Waals surface area contributed by atoms with Crippen LogP contribution in [0.15, 0.2) is 0 Å². The lowest BCUT2D eigenvalue weighted by atomic mass is 10.1. The Bertz CT molecular complexity index is 534. The number of thiazole rings is 1. The van der Waals surface area contributed by atoms with Gasteiger partial charge in [-0.1, -0.05) is 11.3 Å². The topological polar surface area (TPSA) is 114 Å². The number of hydrogen-bond donors (Lipinski definition) is 3. The van der Waals surface area contributed by atoms with Crippen LogP contribution in [0.25, 0.3) is 0 Å². The van der Waals surface area contributed by atoms with Gasteiger partial charge in [0, 0.05) is 13.1 Å². The van der Waals surface area contributed by atoms with E-state index in [9.17, 15) is 9.59 Å². The Morgan fingerprint density at radius 3 is 2.50 bits per heavy atom. The quantitative estimate of drug-likeness (QED) is 0.740. The van der Waals surface area contributed by atoms with Gasteiger partial charge in [-0.2, -0.15) is 0 Å². The zero-order valence-corrected chi connectivity index (χ0v) is 12.4. The molecule has 1 aromatic rings. The summed E-state index contributed by atoms with van der Waals surface area (Å²) >= 11 is 1.24. The summed E-state index contributed by atoms with van der Waals surface area (Å²) in [6.07, 6.45) is 2.24. The van der Waals surface area contributed by atoms with Crippen LogP contribution in [-0.4, -0.2) is 35.4 Å². The molecule has 0 radical (unpaired) electrons. The zero-order chi connectivity index (χ0) is 14.9. The van der Waals surface area contributed by atoms with Crippen molar-refractivity contribution < 1.29 is 9.59 Å². The van der Waals surface area contributed by atoms with Crippen LogP contribution in [0.3, 0.4) is 0 Å². The average molecular weight is 297 g/mol. The summed E-state index contributed by atoms with van der Waals surface area (Å²) in [5, 5.41) is 3.33. The van der Waals surface area contributed by atoms with Gasteiger partial charge in [-0.15, -0.1) is 0 Å². The van der Waals surface area contributed by atoms with E-state index in [-0.39, 0.29) is 5.82 Å². The van der Waals surface area contributed by atoms with Gasteiger partial charge in [-0.25, -0.2) is 4.98 Å². The van der Waals surface area contributed by atoms with E-state index in [2.05, 4.69) is 15.2 Å². The van der Waals surface area contributed by atoms with Gasteiger partial charge in [0.15, 0.2) is 5.13 Å². The summed E-state index contributed by atoms with van der Waals surface area (Å²) < 4.78 is 0. The summed E-state index contributed by atoms with van der Waals surface area (Å²) in [5.74, 6) is -0.836. The largest absolute Gasteiger partial charge is 0.382 e. The monoisotopic (exact) mass is 297 g/mol. The van der Waals surface area contributed by atoms with Crippen molar-refractivity contribution in [3.63, 3.8) is 0 Å². The number of primary amides is 1. The molecule has 1 aromatic heterocycles. The minimum Gasteiger partial charge on any atom is -0.382 e. The van der Waals surface area contributed by atoms with E-state index in [1.165, 1.54) is 11.3 Å². The molecule has 110 valence electrons. The van der Waals surface area contributed by atoms with Crippen molar-refractivity contribution in [1.29, 1.82) is 0 Å². The minimum atomic E-state index is -1.12. The highest BCUT2D eigenvalue weighted by atomic mass is 32.1. The Hall–Kier alpha value is -1.83. The molecule has 0 atom stereocenters. The number of amides is 2. The molecule has 0 bridgehead atoms. The van der Waals surface area contributed by atoms with Gasteiger partial charge in [0.2, 0.25) is 5.91 Å². The van der Waals surface area contributed by atoms with E-state index in [4.69, 9.17) is 11.5 Å². The zero-order valence-electron chi connectivity index (χ0n) is 11.6. The second-order valence-corrected chi connectivity index (χ2v) is 6.33. The van der Waals surface area contributed by atoms with Crippen LogP contribution in [0.2, 0.25) is 0 Å². The Morgan fingerprint density at radius 2 is 1.95 bits per heavy atom. The Labute approximate surface area is 121 Å². The molecule has 7 nitrogen and oxygen atoms in total. The fourth-order valence-corrected chi connectivity index (χ4v) is 2.86. The number of nitrogens with one attached hydrogen (secondary N) is 1. The lowest BCUT2D eigenvalue weighted by molar-refractivity contribution is -0.122. The van der Waals surface area contributed by atoms with Gasteiger partial charge >= 0.3 is 0 Å². The average Bonchev–Trinajstić information content (AvgIpc) is 2.96. The van der Waals surface area contributed by atoms with Crippen LogP contribution in [0.1, 0.15) is 36.4 Å². The number of nitrogens with zero attached hydrogens (tertiary/aromatic N) is 2. The number of nitrogen functional groups attached to an aromatic ring is 1. The first-order chi connectivity index (χ1) is 9.31. The van der Waals surface area contributed by atoms with Crippen LogP contribution in [0.4, 0.5) is 10.9 Å². The normalized spacial score (nSPS) is 15.4. The maximum Gasteiger partial charge on any atom is 0.266 e. The van der Waals surface area contributed by atoms with E-state index in [0.717, 1.165) is 31.1 Å². The second-order valence-electron chi connectivity index (χ2n) is 5.35. The molecule has 0 unspecified atom stereocenters. The van der Waals surface area contributed by atoms with E-state index in [0.29, 0.717) is 4.88 Å². The summed E-state index contributed by atoms with van der Waals surface area (Å²) in [7, 11) is 0. The number of carbonyl (C=O) groups excluding carboxylic acids is 2. The van der Waals surface area contributed by atoms with Gasteiger partial charge < -0.3 is 21.7 Å². The first-order valence-electron chi connectivity index (χ1n) is 6.45. The van der Waals surface area contributed by atoms with Crippen LogP contribution < -0.4 is 21.7 Å². The third-order valence-electron chi connectivity index (χ3n) is 3.27. The van der Waals surface area contributed by atoms with Gasteiger partial charge in [0.25, 0.3) is 5.91 Å². The Balaban J connectivity index is 2.16. The lowest BCUT2D eigenvalue weighted by Gasteiger charge is -2.21. The van der Waals surface area contributed by atoms with Crippen molar-refractivity contribution in [2.75, 3.05) is 23.7 Å². The molecule has 0 saturated carbocycles. The summed E-state index contributed by atoms with van der Waals surface area (Å²) in [5.41, 5.74) is 9.91. The number of anilines is 2. The van der Waals surface area contributed by atoms with Crippen LogP contribution >= 0.6 is 11.3 Å². The molecule has 1 saturated heterocycles. The molecule has 1 aliphatic heterocycles. The summed E-state index contributed by atoms with van der Waals surface area (Å²) in [4.78, 5) is 30.1. The number of carbonyl (C=O) groups is 2. The second kappa shape index (κ2) is 5.28. The van der Waals surface area contributed by atoms with E-state index >= 15 is 0 Å². The molecule has 20 heavy (non-hydrogen) atoms. The molecule has 2 rings (SSSR count). The van der Waals surface area contributed by atoms with Crippen LogP contribution in [-0.2, 0) is 4.79 Å². The van der Waals surface area contributed by atoms with E-state index in [1.54, 1.807) is 13.8 Å². The van der Waals surface area contributed by atoms with Crippen molar-refractivity contribution in [3.05, 3.63) is 4.88 Å². The predicted octanol–water partition coefficient (Wildman–Crippen LogP) is 0.319. The third-order valence-corrected chi connectivity index (χ3v) is 4.40. The molecule has 8 heteroatoms. The van der Waals surface area contributed by atoms with Crippen molar-refractivity contribution in [1.82, 2.24) is 10.3 Å². The fourth-order valence-electron chi connectivity index (χ4n) is 1.93. The third kappa shape index (κ3) is 2.84. The minimum absolute atomic E-state index is 0.190. The maximum absolute atomic E-state index is 12.2. The van der Waals surface area contributed by atoms with E-state index in [1.807, 2.05) is 0 Å².